The largest absolute Gasteiger partial charge is 0.505 e. The number of benzene rings is 1. The average Bonchev–Trinajstić information content (AvgIpc) is 2.43. The van der Waals surface area contributed by atoms with Crippen LogP contribution in [0.1, 0.15) is 16.8 Å². The Labute approximate surface area is 137 Å². The standard InChI is InChI=1S/C14H13Br2NO4/c1-17(2)4-3-10(18)8-5-7-6-9(15)12(19)11(16)13(7)21-14(8)20/h5-6,19H,3-4H2,1-2H3. The zero-order chi connectivity index (χ0) is 15.7. The number of fused-ring (bicyclic) bond motifs is 1. The lowest BCUT2D eigenvalue weighted by atomic mass is 10.1. The van der Waals surface area contributed by atoms with E-state index < -0.39 is 5.63 Å². The second-order valence-electron chi connectivity index (χ2n) is 4.86. The first-order valence-corrected chi connectivity index (χ1v) is 7.72. The fourth-order valence-electron chi connectivity index (χ4n) is 1.84. The summed E-state index contributed by atoms with van der Waals surface area (Å²) in [6.07, 6.45) is 0.240. The molecule has 5 nitrogen and oxygen atoms in total. The average molecular weight is 419 g/mol. The second kappa shape index (κ2) is 6.29. The van der Waals surface area contributed by atoms with Gasteiger partial charge in [-0.1, -0.05) is 0 Å². The number of aromatic hydroxyl groups is 1. The molecule has 0 amide bonds. The van der Waals surface area contributed by atoms with Crippen LogP contribution in [0.4, 0.5) is 0 Å². The summed E-state index contributed by atoms with van der Waals surface area (Å²) < 4.78 is 5.89. The van der Waals surface area contributed by atoms with Crippen molar-refractivity contribution >= 4 is 48.6 Å². The molecule has 0 saturated heterocycles. The Hall–Kier alpha value is -1.18. The van der Waals surface area contributed by atoms with E-state index in [2.05, 4.69) is 31.9 Å². The molecule has 1 aromatic heterocycles. The number of Topliss-reactive ketones (excluding diaryl/α,β-unsaturated/α-hetero) is 1. The quantitative estimate of drug-likeness (QED) is 0.609. The maximum absolute atomic E-state index is 12.1. The highest BCUT2D eigenvalue weighted by Crippen LogP contribution is 2.38. The van der Waals surface area contributed by atoms with E-state index in [0.29, 0.717) is 16.4 Å². The molecule has 0 radical (unpaired) electrons. The van der Waals surface area contributed by atoms with Crippen LogP contribution in [0.2, 0.25) is 0 Å². The molecule has 0 saturated carbocycles. The van der Waals surface area contributed by atoms with Gasteiger partial charge in [-0.2, -0.15) is 0 Å². The molecule has 2 rings (SSSR count). The predicted octanol–water partition coefficient (Wildman–Crippen LogP) is 3.16. The van der Waals surface area contributed by atoms with Crippen LogP contribution in [-0.2, 0) is 0 Å². The molecule has 0 bridgehead atoms. The van der Waals surface area contributed by atoms with Gasteiger partial charge in [0.15, 0.2) is 11.4 Å². The monoisotopic (exact) mass is 417 g/mol. The summed E-state index contributed by atoms with van der Waals surface area (Å²) in [7, 11) is 3.71. The van der Waals surface area contributed by atoms with Crippen molar-refractivity contribution < 1.29 is 14.3 Å². The summed E-state index contributed by atoms with van der Waals surface area (Å²) in [5.41, 5.74) is -0.465. The van der Waals surface area contributed by atoms with Crippen LogP contribution >= 0.6 is 31.9 Å². The Morgan fingerprint density at radius 1 is 1.33 bits per heavy atom. The van der Waals surface area contributed by atoms with Gasteiger partial charge in [-0.15, -0.1) is 0 Å². The van der Waals surface area contributed by atoms with Gasteiger partial charge in [0.25, 0.3) is 0 Å². The summed E-state index contributed by atoms with van der Waals surface area (Å²) in [5.74, 6) is -0.322. The van der Waals surface area contributed by atoms with Gasteiger partial charge in [0.2, 0.25) is 0 Å². The van der Waals surface area contributed by atoms with Crippen molar-refractivity contribution in [1.82, 2.24) is 4.90 Å². The molecular formula is C14H13Br2NO4. The highest BCUT2D eigenvalue weighted by atomic mass is 79.9. The number of phenolic OH excluding ortho intramolecular Hbond substituents is 1. The van der Waals surface area contributed by atoms with Gasteiger partial charge in [-0.3, -0.25) is 4.79 Å². The summed E-state index contributed by atoms with van der Waals surface area (Å²) >= 11 is 6.38. The van der Waals surface area contributed by atoms with Gasteiger partial charge in [-0.25, -0.2) is 4.79 Å². The Kier molecular flexibility index (Phi) is 4.85. The fourth-order valence-corrected chi connectivity index (χ4v) is 3.07. The van der Waals surface area contributed by atoms with E-state index in [9.17, 15) is 14.7 Å². The highest BCUT2D eigenvalue weighted by molar-refractivity contribution is 9.11. The second-order valence-corrected chi connectivity index (χ2v) is 6.51. The molecule has 112 valence electrons. The van der Waals surface area contributed by atoms with Gasteiger partial charge in [0.1, 0.15) is 15.8 Å². The lowest BCUT2D eigenvalue weighted by molar-refractivity contribution is 0.0969. The van der Waals surface area contributed by atoms with Crippen molar-refractivity contribution in [3.05, 3.63) is 37.1 Å². The van der Waals surface area contributed by atoms with Crippen LogP contribution in [0, 0.1) is 0 Å². The van der Waals surface area contributed by atoms with Gasteiger partial charge < -0.3 is 14.4 Å². The predicted molar refractivity (Wildman–Crippen MR) is 87.1 cm³/mol. The van der Waals surface area contributed by atoms with Crippen molar-refractivity contribution in [3.63, 3.8) is 0 Å². The molecule has 0 aliphatic carbocycles. The number of hydrogen-bond acceptors (Lipinski definition) is 5. The molecule has 0 fully saturated rings. The Morgan fingerprint density at radius 3 is 2.62 bits per heavy atom. The lowest BCUT2D eigenvalue weighted by Crippen LogP contribution is -2.20. The number of carbonyl (C=O) groups is 1. The topological polar surface area (TPSA) is 70.8 Å². The van der Waals surface area contributed by atoms with E-state index in [1.807, 2.05) is 19.0 Å². The molecule has 1 aromatic carbocycles. The smallest absolute Gasteiger partial charge is 0.347 e. The van der Waals surface area contributed by atoms with Crippen molar-refractivity contribution in [3.8, 4) is 5.75 Å². The summed E-state index contributed by atoms with van der Waals surface area (Å²) in [6, 6.07) is 3.09. The molecule has 0 atom stereocenters. The maximum atomic E-state index is 12.1. The molecule has 0 aliphatic rings. The van der Waals surface area contributed by atoms with Crippen LogP contribution in [0.3, 0.4) is 0 Å². The molecule has 21 heavy (non-hydrogen) atoms. The molecular weight excluding hydrogens is 406 g/mol. The summed E-state index contributed by atoms with van der Waals surface area (Å²) in [5, 5.41) is 10.3. The van der Waals surface area contributed by atoms with Crippen molar-refractivity contribution in [2.45, 2.75) is 6.42 Å². The summed E-state index contributed by atoms with van der Waals surface area (Å²) in [4.78, 5) is 25.9. The van der Waals surface area contributed by atoms with E-state index in [4.69, 9.17) is 4.42 Å². The number of rotatable bonds is 4. The Bertz CT molecular complexity index is 768. The van der Waals surface area contributed by atoms with Gasteiger partial charge in [0, 0.05) is 18.4 Å². The van der Waals surface area contributed by atoms with E-state index in [1.54, 1.807) is 6.07 Å². The van der Waals surface area contributed by atoms with E-state index in [-0.39, 0.29) is 33.6 Å². The highest BCUT2D eigenvalue weighted by Gasteiger charge is 2.17. The van der Waals surface area contributed by atoms with Crippen molar-refractivity contribution in [2.75, 3.05) is 20.6 Å². The lowest BCUT2D eigenvalue weighted by Gasteiger charge is -2.09. The van der Waals surface area contributed by atoms with E-state index in [0.717, 1.165) is 0 Å². The number of ketones is 1. The zero-order valence-electron chi connectivity index (χ0n) is 11.4. The van der Waals surface area contributed by atoms with E-state index >= 15 is 0 Å². The first-order chi connectivity index (χ1) is 9.81. The van der Waals surface area contributed by atoms with Gasteiger partial charge >= 0.3 is 5.63 Å². The van der Waals surface area contributed by atoms with Crippen molar-refractivity contribution in [1.29, 1.82) is 0 Å². The summed E-state index contributed by atoms with van der Waals surface area (Å²) in [6.45, 7) is 0.555. The minimum absolute atomic E-state index is 0.0221. The number of nitrogens with zero attached hydrogens (tertiary/aromatic N) is 1. The SMILES string of the molecule is CN(C)CCC(=O)c1cc2cc(Br)c(O)c(Br)c2oc1=O. The molecule has 2 aromatic rings. The fraction of sp³-hybridized carbons (Fsp3) is 0.286. The van der Waals surface area contributed by atoms with Crippen LogP contribution in [0.5, 0.6) is 5.75 Å². The Morgan fingerprint density at radius 2 is 2.00 bits per heavy atom. The number of hydrogen-bond donors (Lipinski definition) is 1. The molecule has 7 heteroatoms. The first kappa shape index (κ1) is 16.2. The third-order valence-corrected chi connectivity index (χ3v) is 4.32. The minimum Gasteiger partial charge on any atom is -0.505 e. The molecule has 1 heterocycles. The molecule has 0 spiro atoms. The third-order valence-electron chi connectivity index (χ3n) is 2.98. The molecule has 0 unspecified atom stereocenters. The van der Waals surface area contributed by atoms with Gasteiger partial charge in [0.05, 0.1) is 4.47 Å². The third kappa shape index (κ3) is 3.36. The number of phenols is 1. The number of halogens is 2. The minimum atomic E-state index is -0.700. The van der Waals surface area contributed by atoms with E-state index in [1.165, 1.54) is 6.07 Å². The van der Waals surface area contributed by atoms with Crippen molar-refractivity contribution in [2.24, 2.45) is 0 Å². The first-order valence-electron chi connectivity index (χ1n) is 6.14. The van der Waals surface area contributed by atoms with Crippen LogP contribution in [0.25, 0.3) is 11.0 Å². The zero-order valence-corrected chi connectivity index (χ0v) is 14.6. The number of carbonyl (C=O) groups excluding carboxylic acids is 1. The van der Waals surface area contributed by atoms with Gasteiger partial charge in [-0.05, 0) is 58.1 Å². The van der Waals surface area contributed by atoms with Crippen LogP contribution in [-0.4, -0.2) is 36.4 Å². The maximum Gasteiger partial charge on any atom is 0.347 e. The Balaban J connectivity index is 2.53. The van der Waals surface area contributed by atoms with Crippen LogP contribution < -0.4 is 5.63 Å². The molecule has 1 N–H and O–H groups in total. The normalized spacial score (nSPS) is 11.3. The van der Waals surface area contributed by atoms with Crippen LogP contribution in [0.15, 0.2) is 30.3 Å². The molecule has 0 aliphatic heterocycles.